The predicted molar refractivity (Wildman–Crippen MR) is 173 cm³/mol. The van der Waals surface area contributed by atoms with Gasteiger partial charge in [-0.25, -0.2) is 4.39 Å². The molecule has 252 valence electrons. The summed E-state index contributed by atoms with van der Waals surface area (Å²) in [5, 5.41) is 8.08. The molecule has 0 radical (unpaired) electrons. The molecule has 0 N–H and O–H groups in total. The first kappa shape index (κ1) is 32.4. The molecule has 1 amide bonds. The molecule has 3 aliphatic heterocycles. The fraction of sp³-hybridized carbons (Fsp3) is 0.417. The van der Waals surface area contributed by atoms with E-state index < -0.39 is 29.2 Å². The molecule has 0 spiro atoms. The highest BCUT2D eigenvalue weighted by Crippen LogP contribution is 2.47. The van der Waals surface area contributed by atoms with Crippen molar-refractivity contribution in [3.63, 3.8) is 0 Å². The van der Waals surface area contributed by atoms with Crippen LogP contribution in [-0.2, 0) is 29.4 Å². The van der Waals surface area contributed by atoms with Gasteiger partial charge in [0.1, 0.15) is 6.33 Å². The second-order valence-corrected chi connectivity index (χ2v) is 13.6. The summed E-state index contributed by atoms with van der Waals surface area (Å²) in [6, 6.07) is 19.0. The number of benzene rings is 3. The number of nitrogens with zero attached hydrogens (tertiary/aromatic N) is 6. The third kappa shape index (κ3) is 5.69. The normalized spacial score (nSPS) is 20.6. The van der Waals surface area contributed by atoms with Crippen molar-refractivity contribution < 1.29 is 27.1 Å². The van der Waals surface area contributed by atoms with Gasteiger partial charge in [0.05, 0.1) is 30.7 Å². The van der Waals surface area contributed by atoms with Crippen LogP contribution in [0.2, 0.25) is 0 Å². The summed E-state index contributed by atoms with van der Waals surface area (Å²) in [5.41, 5.74) is 0.242. The van der Waals surface area contributed by atoms with Crippen LogP contribution in [0.5, 0.6) is 0 Å². The molecule has 1 unspecified atom stereocenters. The van der Waals surface area contributed by atoms with Gasteiger partial charge in [0.15, 0.2) is 12.0 Å². The number of hydrogen-bond acceptors (Lipinski definition) is 6. The van der Waals surface area contributed by atoms with E-state index in [1.54, 1.807) is 34.9 Å². The van der Waals surface area contributed by atoms with Gasteiger partial charge in [-0.05, 0) is 66.1 Å². The molecule has 8 nitrogen and oxygen atoms in total. The van der Waals surface area contributed by atoms with Crippen LogP contribution >= 0.6 is 0 Å². The SMILES string of the molecule is CC(C)C1CN(C)CCN1Cc1cc2c(c(C(F)(F)F)c1)CN(c1cccc(C3([C@H](F)c4nncn4-c4ccccc4)COC3)c1)C2=O. The maximum Gasteiger partial charge on any atom is 0.416 e. The molecule has 12 heteroatoms. The van der Waals surface area contributed by atoms with Crippen molar-refractivity contribution in [1.82, 2.24) is 24.6 Å². The lowest BCUT2D eigenvalue weighted by Crippen LogP contribution is -2.53. The minimum Gasteiger partial charge on any atom is -0.379 e. The number of aromatic nitrogens is 3. The average molecular weight is 663 g/mol. The van der Waals surface area contributed by atoms with Crippen molar-refractivity contribution in [3.8, 4) is 5.69 Å². The summed E-state index contributed by atoms with van der Waals surface area (Å²) < 4.78 is 67.4. The van der Waals surface area contributed by atoms with E-state index in [2.05, 4.69) is 40.9 Å². The number of hydrogen-bond donors (Lipinski definition) is 0. The van der Waals surface area contributed by atoms with Gasteiger partial charge in [0.25, 0.3) is 5.91 Å². The van der Waals surface area contributed by atoms with Gasteiger partial charge in [-0.15, -0.1) is 10.2 Å². The minimum absolute atomic E-state index is 0.0403. The molecule has 4 heterocycles. The van der Waals surface area contributed by atoms with Gasteiger partial charge >= 0.3 is 6.18 Å². The van der Waals surface area contributed by atoms with Gasteiger partial charge in [-0.3, -0.25) is 14.3 Å². The smallest absolute Gasteiger partial charge is 0.379 e. The number of anilines is 1. The lowest BCUT2D eigenvalue weighted by molar-refractivity contribution is -0.138. The lowest BCUT2D eigenvalue weighted by atomic mass is 9.74. The van der Waals surface area contributed by atoms with E-state index in [0.29, 0.717) is 35.0 Å². The number of piperazine rings is 1. The zero-order valence-corrected chi connectivity index (χ0v) is 27.1. The summed E-state index contributed by atoms with van der Waals surface area (Å²) in [6.07, 6.45) is -4.79. The number of amides is 1. The lowest BCUT2D eigenvalue weighted by Gasteiger charge is -2.44. The van der Waals surface area contributed by atoms with E-state index in [1.807, 2.05) is 30.3 Å². The first-order valence-electron chi connectivity index (χ1n) is 16.2. The van der Waals surface area contributed by atoms with E-state index in [0.717, 1.165) is 19.6 Å². The van der Waals surface area contributed by atoms with Gasteiger partial charge < -0.3 is 14.5 Å². The van der Waals surface area contributed by atoms with Gasteiger partial charge in [-0.1, -0.05) is 44.2 Å². The largest absolute Gasteiger partial charge is 0.416 e. The number of para-hydroxylation sites is 1. The van der Waals surface area contributed by atoms with Crippen molar-refractivity contribution in [2.75, 3.05) is 44.8 Å². The molecule has 2 fully saturated rings. The van der Waals surface area contributed by atoms with E-state index in [9.17, 15) is 18.0 Å². The number of carbonyl (C=O) groups is 1. The first-order chi connectivity index (χ1) is 23.0. The molecule has 0 bridgehead atoms. The highest BCUT2D eigenvalue weighted by Gasteiger charge is 2.51. The molecule has 1 aromatic heterocycles. The summed E-state index contributed by atoms with van der Waals surface area (Å²) in [7, 11) is 2.05. The molecule has 0 aliphatic carbocycles. The quantitative estimate of drug-likeness (QED) is 0.210. The van der Waals surface area contributed by atoms with Gasteiger partial charge in [-0.2, -0.15) is 13.2 Å². The maximum absolute atomic E-state index is 16.6. The molecular weight excluding hydrogens is 624 g/mol. The molecule has 2 atom stereocenters. The second-order valence-electron chi connectivity index (χ2n) is 13.6. The summed E-state index contributed by atoms with van der Waals surface area (Å²) in [4.78, 5) is 19.7. The Labute approximate surface area is 276 Å². The number of fused-ring (bicyclic) bond motifs is 1. The van der Waals surface area contributed by atoms with Crippen molar-refractivity contribution in [2.24, 2.45) is 5.92 Å². The van der Waals surface area contributed by atoms with E-state index in [-0.39, 0.29) is 42.8 Å². The zero-order chi connectivity index (χ0) is 33.8. The summed E-state index contributed by atoms with van der Waals surface area (Å²) in [5.74, 6) is -0.0774. The Hall–Kier alpha value is -4.13. The Balaban J connectivity index is 1.20. The molecule has 3 aromatic carbocycles. The fourth-order valence-corrected chi connectivity index (χ4v) is 7.29. The number of halogens is 4. The maximum atomic E-state index is 16.6. The topological polar surface area (TPSA) is 66.7 Å². The highest BCUT2D eigenvalue weighted by atomic mass is 19.4. The van der Waals surface area contributed by atoms with Crippen molar-refractivity contribution >= 4 is 11.6 Å². The number of alkyl halides is 4. The van der Waals surface area contributed by atoms with Gasteiger partial charge in [0.2, 0.25) is 0 Å². The molecule has 0 saturated carbocycles. The number of carbonyl (C=O) groups excluding carboxylic acids is 1. The highest BCUT2D eigenvalue weighted by molar-refractivity contribution is 6.10. The van der Waals surface area contributed by atoms with Crippen LogP contribution in [0.3, 0.4) is 0 Å². The third-order valence-electron chi connectivity index (χ3n) is 10.1. The molecule has 2 saturated heterocycles. The average Bonchev–Trinajstić information content (AvgIpc) is 3.66. The number of likely N-dealkylation sites (N-methyl/N-ethyl adjacent to an activating group) is 1. The van der Waals surface area contributed by atoms with E-state index in [1.165, 1.54) is 17.3 Å². The Bertz CT molecular complexity index is 1810. The monoisotopic (exact) mass is 662 g/mol. The molecule has 7 rings (SSSR count). The Morgan fingerprint density at radius 1 is 1.00 bits per heavy atom. The van der Waals surface area contributed by atoms with Crippen LogP contribution in [0.4, 0.5) is 23.2 Å². The summed E-state index contributed by atoms with van der Waals surface area (Å²) >= 11 is 0. The van der Waals surface area contributed by atoms with E-state index >= 15 is 4.39 Å². The van der Waals surface area contributed by atoms with E-state index in [4.69, 9.17) is 4.74 Å². The zero-order valence-electron chi connectivity index (χ0n) is 27.1. The number of rotatable bonds is 8. The summed E-state index contributed by atoms with van der Waals surface area (Å²) in [6.45, 7) is 6.84. The second kappa shape index (κ2) is 12.4. The van der Waals surface area contributed by atoms with Crippen molar-refractivity contribution in [2.45, 2.75) is 50.7 Å². The Morgan fingerprint density at radius 3 is 2.44 bits per heavy atom. The third-order valence-corrected chi connectivity index (χ3v) is 10.1. The predicted octanol–water partition coefficient (Wildman–Crippen LogP) is 6.20. The fourth-order valence-electron chi connectivity index (χ4n) is 7.29. The van der Waals surface area contributed by atoms with Crippen LogP contribution in [-0.4, -0.2) is 76.4 Å². The standard InChI is InChI=1S/C36H38F4N6O2/c1-23(2)31-19-43(3)12-13-44(31)17-24-14-28-29(30(15-24)36(38,39)40)18-45(34(28)47)27-11-7-8-25(16-27)35(20-48-21-35)32(37)33-42-41-22-46(33)26-9-5-4-6-10-26/h4-11,14-16,22-23,31-32H,12-13,17-21H2,1-3H3/t31?,32-/m1/s1. The van der Waals surface area contributed by atoms with Crippen molar-refractivity contribution in [3.05, 3.63) is 107 Å². The molecule has 3 aliphatic rings. The number of ether oxygens (including phenoxy) is 1. The van der Waals surface area contributed by atoms with Crippen LogP contribution in [0.1, 0.15) is 58.5 Å². The van der Waals surface area contributed by atoms with Crippen LogP contribution in [0.15, 0.2) is 73.1 Å². The van der Waals surface area contributed by atoms with Crippen molar-refractivity contribution in [1.29, 1.82) is 0 Å². The Morgan fingerprint density at radius 2 is 1.75 bits per heavy atom. The minimum atomic E-state index is -4.64. The van der Waals surface area contributed by atoms with Crippen LogP contribution in [0, 0.1) is 5.92 Å². The van der Waals surface area contributed by atoms with Gasteiger partial charge in [0, 0.05) is 49.2 Å². The van der Waals surface area contributed by atoms with Crippen LogP contribution in [0.25, 0.3) is 5.69 Å². The first-order valence-corrected chi connectivity index (χ1v) is 16.2. The van der Waals surface area contributed by atoms with Crippen LogP contribution < -0.4 is 4.90 Å². The molecular formula is C36H38F4N6O2. The molecule has 48 heavy (non-hydrogen) atoms. The molecule has 4 aromatic rings. The Kier molecular flexibility index (Phi) is 8.37.